The summed E-state index contributed by atoms with van der Waals surface area (Å²) in [4.78, 5) is 12.0. The molecule has 22 heavy (non-hydrogen) atoms. The second-order valence-electron chi connectivity index (χ2n) is 5.62. The van der Waals surface area contributed by atoms with Crippen molar-refractivity contribution in [1.29, 1.82) is 0 Å². The van der Waals surface area contributed by atoms with Crippen LogP contribution in [0.5, 0.6) is 0 Å². The van der Waals surface area contributed by atoms with E-state index in [1.807, 2.05) is 31.2 Å². The SMILES string of the molecule is CC(CCCO)NC(=O)NC1CCOC1c1ccc(Cl)cc1. The molecule has 0 spiro atoms. The molecule has 0 radical (unpaired) electrons. The molecule has 0 saturated carbocycles. The molecule has 0 bridgehead atoms. The summed E-state index contributed by atoms with van der Waals surface area (Å²) in [6.07, 6.45) is 2.08. The number of hydrogen-bond donors (Lipinski definition) is 3. The van der Waals surface area contributed by atoms with E-state index in [2.05, 4.69) is 10.6 Å². The van der Waals surface area contributed by atoms with Crippen molar-refractivity contribution in [3.63, 3.8) is 0 Å². The van der Waals surface area contributed by atoms with Gasteiger partial charge in [-0.25, -0.2) is 4.79 Å². The van der Waals surface area contributed by atoms with E-state index in [1.165, 1.54) is 0 Å². The fourth-order valence-corrected chi connectivity index (χ4v) is 2.75. The summed E-state index contributed by atoms with van der Waals surface area (Å²) >= 11 is 5.90. The minimum atomic E-state index is -0.195. The van der Waals surface area contributed by atoms with E-state index in [0.717, 1.165) is 18.4 Å². The van der Waals surface area contributed by atoms with Crippen LogP contribution in [0.15, 0.2) is 24.3 Å². The molecule has 1 aromatic carbocycles. The maximum atomic E-state index is 12.0. The average molecular weight is 327 g/mol. The van der Waals surface area contributed by atoms with Crippen LogP contribution < -0.4 is 10.6 Å². The first kappa shape index (κ1) is 17.1. The normalized spacial score (nSPS) is 22.3. The molecule has 2 amide bonds. The van der Waals surface area contributed by atoms with Gasteiger partial charge < -0.3 is 20.5 Å². The lowest BCUT2D eigenvalue weighted by atomic mass is 10.0. The summed E-state index contributed by atoms with van der Waals surface area (Å²) in [5.41, 5.74) is 1.01. The first-order chi connectivity index (χ1) is 10.6. The fraction of sp³-hybridized carbons (Fsp3) is 0.562. The number of halogens is 1. The minimum Gasteiger partial charge on any atom is -0.396 e. The molecule has 122 valence electrons. The average Bonchev–Trinajstić information content (AvgIpc) is 2.93. The lowest BCUT2D eigenvalue weighted by Crippen LogP contribution is -2.46. The van der Waals surface area contributed by atoms with E-state index in [-0.39, 0.29) is 30.8 Å². The zero-order chi connectivity index (χ0) is 15.9. The van der Waals surface area contributed by atoms with Gasteiger partial charge in [-0.2, -0.15) is 0 Å². The third kappa shape index (κ3) is 4.87. The summed E-state index contributed by atoms with van der Waals surface area (Å²) in [7, 11) is 0. The Kier molecular flexibility index (Phi) is 6.49. The Hall–Kier alpha value is -1.30. The van der Waals surface area contributed by atoms with Crippen molar-refractivity contribution in [1.82, 2.24) is 10.6 Å². The predicted octanol–water partition coefficient (Wildman–Crippen LogP) is 2.63. The second-order valence-corrected chi connectivity index (χ2v) is 6.06. The standard InChI is InChI=1S/C16H23ClN2O3/c1-11(3-2-9-20)18-16(21)19-14-8-10-22-15(14)12-4-6-13(17)7-5-12/h4-7,11,14-15,20H,2-3,8-10H2,1H3,(H2,18,19,21). The van der Waals surface area contributed by atoms with Crippen molar-refractivity contribution in [2.45, 2.75) is 44.4 Å². The van der Waals surface area contributed by atoms with Gasteiger partial charge in [0.05, 0.1) is 6.04 Å². The molecule has 2 rings (SSSR count). The van der Waals surface area contributed by atoms with Crippen molar-refractivity contribution < 1.29 is 14.6 Å². The fourth-order valence-electron chi connectivity index (χ4n) is 2.62. The van der Waals surface area contributed by atoms with Crippen molar-refractivity contribution in [2.75, 3.05) is 13.2 Å². The molecule has 3 N–H and O–H groups in total. The molecule has 1 aliphatic heterocycles. The third-order valence-corrected chi connectivity index (χ3v) is 4.03. The van der Waals surface area contributed by atoms with Gasteiger partial charge in [0.15, 0.2) is 0 Å². The largest absolute Gasteiger partial charge is 0.396 e. The van der Waals surface area contributed by atoms with Crippen molar-refractivity contribution >= 4 is 17.6 Å². The second kappa shape index (κ2) is 8.36. The Balaban J connectivity index is 1.88. The van der Waals surface area contributed by atoms with Gasteiger partial charge in [-0.15, -0.1) is 0 Å². The van der Waals surface area contributed by atoms with E-state index in [4.69, 9.17) is 21.4 Å². The van der Waals surface area contributed by atoms with Gasteiger partial charge in [-0.1, -0.05) is 23.7 Å². The van der Waals surface area contributed by atoms with E-state index in [0.29, 0.717) is 18.1 Å². The molecule has 0 aromatic heterocycles. The number of nitrogens with one attached hydrogen (secondary N) is 2. The first-order valence-corrected chi connectivity index (χ1v) is 8.03. The van der Waals surface area contributed by atoms with Crippen LogP contribution in [0.1, 0.15) is 37.9 Å². The lowest BCUT2D eigenvalue weighted by Gasteiger charge is -2.22. The van der Waals surface area contributed by atoms with Crippen molar-refractivity contribution in [3.05, 3.63) is 34.9 Å². The number of carbonyl (C=O) groups is 1. The molecule has 3 atom stereocenters. The molecule has 5 nitrogen and oxygen atoms in total. The van der Waals surface area contributed by atoms with Crippen LogP contribution in [0.4, 0.5) is 4.79 Å². The number of carbonyl (C=O) groups excluding carboxylic acids is 1. The van der Waals surface area contributed by atoms with Gasteiger partial charge in [0.2, 0.25) is 0 Å². The molecular formula is C16H23ClN2O3. The zero-order valence-corrected chi connectivity index (χ0v) is 13.5. The molecule has 0 aliphatic carbocycles. The van der Waals surface area contributed by atoms with Crippen LogP contribution in [0.3, 0.4) is 0 Å². The lowest BCUT2D eigenvalue weighted by molar-refractivity contribution is 0.0998. The molecule has 1 aromatic rings. The molecule has 1 saturated heterocycles. The van der Waals surface area contributed by atoms with Crippen LogP contribution in [-0.2, 0) is 4.74 Å². The molecule has 1 fully saturated rings. The van der Waals surface area contributed by atoms with Crippen LogP contribution in [0, 0.1) is 0 Å². The summed E-state index contributed by atoms with van der Waals surface area (Å²) < 4.78 is 5.74. The smallest absolute Gasteiger partial charge is 0.315 e. The van der Waals surface area contributed by atoms with Gasteiger partial charge >= 0.3 is 6.03 Å². The Morgan fingerprint density at radius 3 is 2.86 bits per heavy atom. The maximum Gasteiger partial charge on any atom is 0.315 e. The number of aliphatic hydroxyl groups excluding tert-OH is 1. The van der Waals surface area contributed by atoms with Gasteiger partial charge in [-0.05, 0) is 43.9 Å². The Bertz CT molecular complexity index is 481. The monoisotopic (exact) mass is 326 g/mol. The van der Waals surface area contributed by atoms with Crippen LogP contribution in [0.2, 0.25) is 5.02 Å². The summed E-state index contributed by atoms with van der Waals surface area (Å²) in [6, 6.07) is 7.29. The minimum absolute atomic E-state index is 0.0310. The van der Waals surface area contributed by atoms with Crippen LogP contribution >= 0.6 is 11.6 Å². The number of amides is 2. The van der Waals surface area contributed by atoms with Gasteiger partial charge in [0.25, 0.3) is 0 Å². The number of urea groups is 1. The predicted molar refractivity (Wildman–Crippen MR) is 86.0 cm³/mol. The number of rotatable bonds is 6. The quantitative estimate of drug-likeness (QED) is 0.752. The number of benzene rings is 1. The highest BCUT2D eigenvalue weighted by atomic mass is 35.5. The number of aliphatic hydroxyl groups is 1. The molecule has 3 unspecified atom stereocenters. The maximum absolute atomic E-state index is 12.0. The Morgan fingerprint density at radius 2 is 2.18 bits per heavy atom. The molecule has 1 heterocycles. The van der Waals surface area contributed by atoms with Crippen LogP contribution in [0.25, 0.3) is 0 Å². The van der Waals surface area contributed by atoms with Gasteiger partial charge in [0, 0.05) is 24.3 Å². The zero-order valence-electron chi connectivity index (χ0n) is 12.7. The number of ether oxygens (including phenoxy) is 1. The molecule has 1 aliphatic rings. The first-order valence-electron chi connectivity index (χ1n) is 7.65. The molecular weight excluding hydrogens is 304 g/mol. The third-order valence-electron chi connectivity index (χ3n) is 3.78. The van der Waals surface area contributed by atoms with Gasteiger partial charge in [-0.3, -0.25) is 0 Å². The Morgan fingerprint density at radius 1 is 1.45 bits per heavy atom. The Labute approximate surface area is 136 Å². The highest BCUT2D eigenvalue weighted by Crippen LogP contribution is 2.29. The van der Waals surface area contributed by atoms with E-state index < -0.39 is 0 Å². The number of hydrogen-bond acceptors (Lipinski definition) is 3. The van der Waals surface area contributed by atoms with Crippen LogP contribution in [-0.4, -0.2) is 36.4 Å². The van der Waals surface area contributed by atoms with Crippen molar-refractivity contribution in [3.8, 4) is 0 Å². The molecule has 6 heteroatoms. The van der Waals surface area contributed by atoms with E-state index >= 15 is 0 Å². The summed E-state index contributed by atoms with van der Waals surface area (Å²) in [6.45, 7) is 2.69. The highest BCUT2D eigenvalue weighted by molar-refractivity contribution is 6.30. The van der Waals surface area contributed by atoms with Gasteiger partial charge in [0.1, 0.15) is 6.10 Å². The van der Waals surface area contributed by atoms with E-state index in [1.54, 1.807) is 0 Å². The van der Waals surface area contributed by atoms with Crippen molar-refractivity contribution in [2.24, 2.45) is 0 Å². The van der Waals surface area contributed by atoms with E-state index in [9.17, 15) is 4.79 Å². The summed E-state index contributed by atoms with van der Waals surface area (Å²) in [5.74, 6) is 0. The topological polar surface area (TPSA) is 70.6 Å². The highest BCUT2D eigenvalue weighted by Gasteiger charge is 2.31. The summed E-state index contributed by atoms with van der Waals surface area (Å²) in [5, 5.41) is 15.4.